The molecule has 4 heteroatoms. The second kappa shape index (κ2) is 21.3. The first kappa shape index (κ1) is 45.0. The van der Waals surface area contributed by atoms with Crippen molar-refractivity contribution in [2.75, 3.05) is 25.3 Å². The number of nitrogens with zero attached hydrogens (tertiary/aromatic N) is 2. The van der Waals surface area contributed by atoms with Gasteiger partial charge < -0.3 is 9.47 Å². The van der Waals surface area contributed by atoms with Gasteiger partial charge in [-0.3, -0.25) is 0 Å². The summed E-state index contributed by atoms with van der Waals surface area (Å²) < 4.78 is 3.96. The summed E-state index contributed by atoms with van der Waals surface area (Å²) >= 11 is 5.49. The third-order valence-corrected chi connectivity index (χ3v) is 12.5. The molecule has 2 heterocycles. The topological polar surface area (TPSA) is 8.17 Å². The number of rotatable bonds is 3. The Bertz CT molecular complexity index is 2780. The zero-order valence-electron chi connectivity index (χ0n) is 37.6. The molecule has 8 aromatic rings. The second-order valence-corrected chi connectivity index (χ2v) is 15.9. The zero-order chi connectivity index (χ0) is 43.5. The third kappa shape index (κ3) is 8.94. The largest absolute Gasteiger partial charge is 0.378 e. The lowest BCUT2D eigenvalue weighted by molar-refractivity contribution is 0.892. The lowest BCUT2D eigenvalue weighted by Gasteiger charge is -2.16. The summed E-state index contributed by atoms with van der Waals surface area (Å²) in [5.74, 6) is 0. The van der Waals surface area contributed by atoms with Gasteiger partial charge >= 0.3 is 0 Å². The van der Waals surface area contributed by atoms with Crippen LogP contribution >= 0.6 is 24.0 Å². The van der Waals surface area contributed by atoms with Crippen molar-refractivity contribution in [3.63, 3.8) is 0 Å². The number of para-hydroxylation sites is 1. The summed E-state index contributed by atoms with van der Waals surface area (Å²) in [7, 11) is 4.07. The van der Waals surface area contributed by atoms with Crippen LogP contribution in [-0.4, -0.2) is 24.9 Å². The summed E-state index contributed by atoms with van der Waals surface area (Å²) in [6, 6.07) is 44.9. The van der Waals surface area contributed by atoms with Gasteiger partial charge in [-0.2, -0.15) is 12.6 Å². The molecule has 0 fully saturated rings. The van der Waals surface area contributed by atoms with E-state index in [0.29, 0.717) is 0 Å². The van der Waals surface area contributed by atoms with E-state index in [9.17, 15) is 0 Å². The molecule has 2 aromatic heterocycles. The summed E-state index contributed by atoms with van der Waals surface area (Å²) in [6.07, 6.45) is 19.5. The lowest BCUT2D eigenvalue weighted by Crippen LogP contribution is -2.07. The molecule has 0 saturated carbocycles. The number of anilines is 1. The molecule has 11 rings (SSSR count). The van der Waals surface area contributed by atoms with Crippen LogP contribution in [0.4, 0.5) is 5.69 Å². The molecule has 0 radical (unpaired) electrons. The smallest absolute Gasteiger partial charge is 0.0538 e. The second-order valence-electron chi connectivity index (χ2n) is 14.8. The van der Waals surface area contributed by atoms with Crippen LogP contribution in [0.2, 0.25) is 0 Å². The molecule has 2 nitrogen and oxygen atoms in total. The summed E-state index contributed by atoms with van der Waals surface area (Å²) in [5.41, 5.74) is 16.1. The van der Waals surface area contributed by atoms with E-state index in [1.807, 2.05) is 97.3 Å². The van der Waals surface area contributed by atoms with Crippen LogP contribution < -0.4 is 4.90 Å². The van der Waals surface area contributed by atoms with E-state index in [2.05, 4.69) is 150 Å². The highest BCUT2D eigenvalue weighted by atomic mass is 32.1. The van der Waals surface area contributed by atoms with E-state index in [-0.39, 0.29) is 0 Å². The Kier molecular flexibility index (Phi) is 15.7. The first-order valence-electron chi connectivity index (χ1n) is 22.0. The van der Waals surface area contributed by atoms with Gasteiger partial charge in [0.1, 0.15) is 0 Å². The summed E-state index contributed by atoms with van der Waals surface area (Å²) in [4.78, 5) is 3.62. The standard InChI is InChI=1S/C40H27NS.C8H11N.C4H8.2C2H6.CH4S/c1-2-9-27-26(8-1)30-12-7-13-32-36(20-18-31(27)40(30)32)41-35-14-5-3-10-28(35)33-22-24(16-19-37(33)41)25-17-21-39-34(23-25)29-11-4-6-15-38(29)42-39;1-9(2)8-6-4-3-5-7-8;1-3-4-2;3*1-2/h1-4,7-13,16-23H,5-6,14-15H2;3-7H,1-2H3;3-4H,1-2H3;2*1-2H3;2H,1H3/b;;4-3-;;;. The fourth-order valence-corrected chi connectivity index (χ4v) is 9.71. The minimum Gasteiger partial charge on any atom is -0.378 e. The van der Waals surface area contributed by atoms with Gasteiger partial charge in [-0.25, -0.2) is 0 Å². The average Bonchev–Trinajstić information content (AvgIpc) is 4.00. The van der Waals surface area contributed by atoms with Gasteiger partial charge in [0.2, 0.25) is 0 Å². The molecule has 0 unspecified atom stereocenters. The Labute approximate surface area is 375 Å². The summed E-state index contributed by atoms with van der Waals surface area (Å²) in [5, 5.41) is 5.46. The Balaban J connectivity index is 0.000000279. The maximum Gasteiger partial charge on any atom is 0.0538 e. The number of fused-ring (bicyclic) bond motifs is 9. The Morgan fingerprint density at radius 1 is 0.574 bits per heavy atom. The van der Waals surface area contributed by atoms with E-state index in [1.54, 1.807) is 6.26 Å². The highest BCUT2D eigenvalue weighted by molar-refractivity contribution is 7.79. The highest BCUT2D eigenvalue weighted by Crippen LogP contribution is 2.49. The van der Waals surface area contributed by atoms with Crippen molar-refractivity contribution >= 4 is 73.6 Å². The maximum atomic E-state index is 3.53. The Morgan fingerprint density at radius 3 is 1.82 bits per heavy atom. The Hall–Kier alpha value is -5.55. The van der Waals surface area contributed by atoms with E-state index in [0.717, 1.165) is 19.3 Å². The van der Waals surface area contributed by atoms with Crippen molar-refractivity contribution in [2.24, 2.45) is 0 Å². The van der Waals surface area contributed by atoms with Gasteiger partial charge in [-0.15, -0.1) is 11.3 Å². The fourth-order valence-electron chi connectivity index (χ4n) is 8.52. The molecule has 3 aliphatic rings. The van der Waals surface area contributed by atoms with Crippen LogP contribution in [0, 0.1) is 0 Å². The number of thiol groups is 1. The number of aromatic nitrogens is 1. The quantitative estimate of drug-likeness (QED) is 0.138. The van der Waals surface area contributed by atoms with Crippen molar-refractivity contribution < 1.29 is 0 Å². The van der Waals surface area contributed by atoms with Crippen LogP contribution in [0.1, 0.15) is 76.1 Å². The molecule has 0 saturated heterocycles. The lowest BCUT2D eigenvalue weighted by atomic mass is 9.97. The van der Waals surface area contributed by atoms with Crippen molar-refractivity contribution in [3.05, 3.63) is 167 Å². The first-order chi connectivity index (χ1) is 30.1. The molecule has 0 bridgehead atoms. The van der Waals surface area contributed by atoms with E-state index in [4.69, 9.17) is 0 Å². The van der Waals surface area contributed by atoms with Crippen LogP contribution in [0.5, 0.6) is 0 Å². The van der Waals surface area contributed by atoms with Gasteiger partial charge in [0.25, 0.3) is 0 Å². The average molecular weight is 839 g/mol. The fraction of sp³-hybridized carbons (Fsp3) is 0.228. The van der Waals surface area contributed by atoms with Crippen LogP contribution in [-0.2, 0) is 12.8 Å². The number of benzene rings is 6. The highest BCUT2D eigenvalue weighted by Gasteiger charge is 2.25. The molecule has 0 atom stereocenters. The maximum absolute atomic E-state index is 3.53. The van der Waals surface area contributed by atoms with E-state index >= 15 is 0 Å². The molecule has 0 aliphatic heterocycles. The van der Waals surface area contributed by atoms with Crippen molar-refractivity contribution in [1.29, 1.82) is 0 Å². The Morgan fingerprint density at radius 2 is 1.16 bits per heavy atom. The van der Waals surface area contributed by atoms with Crippen LogP contribution in [0.3, 0.4) is 0 Å². The minimum absolute atomic E-state index is 1.05. The molecular formula is C57H62N2S2. The van der Waals surface area contributed by atoms with E-state index < -0.39 is 0 Å². The molecule has 312 valence electrons. The van der Waals surface area contributed by atoms with Crippen LogP contribution in [0.15, 0.2) is 146 Å². The number of hydrogen-bond donors (Lipinski definition) is 1. The van der Waals surface area contributed by atoms with Gasteiger partial charge in [0.05, 0.1) is 11.2 Å². The number of hydrogen-bond acceptors (Lipinski definition) is 3. The molecule has 6 aromatic carbocycles. The van der Waals surface area contributed by atoms with Gasteiger partial charge in [-0.1, -0.05) is 143 Å². The van der Waals surface area contributed by atoms with Gasteiger partial charge in [0.15, 0.2) is 0 Å². The molecule has 61 heavy (non-hydrogen) atoms. The number of aryl methyl sites for hydroxylation is 1. The van der Waals surface area contributed by atoms with Crippen molar-refractivity contribution in [1.82, 2.24) is 4.57 Å². The molecule has 3 aliphatic carbocycles. The van der Waals surface area contributed by atoms with E-state index in [1.165, 1.54) is 105 Å². The van der Waals surface area contributed by atoms with Gasteiger partial charge in [-0.05, 0) is 133 Å². The normalized spacial score (nSPS) is 12.3. The van der Waals surface area contributed by atoms with Crippen molar-refractivity contribution in [3.8, 4) is 39.1 Å². The summed E-state index contributed by atoms with van der Waals surface area (Å²) in [6.45, 7) is 12.0. The third-order valence-electron chi connectivity index (χ3n) is 11.3. The zero-order valence-corrected chi connectivity index (χ0v) is 39.3. The molecular weight excluding hydrogens is 777 g/mol. The predicted molar refractivity (Wildman–Crippen MR) is 280 cm³/mol. The number of allylic oxidation sites excluding steroid dienone is 4. The first-order valence-corrected chi connectivity index (χ1v) is 23.7. The predicted octanol–water partition coefficient (Wildman–Crippen LogP) is 17.2. The van der Waals surface area contributed by atoms with Gasteiger partial charge in [0, 0.05) is 56.8 Å². The molecule has 0 spiro atoms. The van der Waals surface area contributed by atoms with Crippen molar-refractivity contribution in [2.45, 2.75) is 67.2 Å². The minimum atomic E-state index is 1.05. The SMILES string of the molecule is C/C=C\C.C1=Cc2c(sc3ccc(-c4ccc5c(c4)c4c(n5-c5ccc6c7c(cccc57)-c5ccccc5-6)CCC=C4)cc23)CC1.CC.CC.CN(C)c1ccccc1.CS. The van der Waals surface area contributed by atoms with Crippen LogP contribution in [0.25, 0.3) is 83.0 Å². The monoisotopic (exact) mass is 838 g/mol. The molecule has 0 amide bonds. The number of thiophene rings is 1. The molecule has 0 N–H and O–H groups in total.